The van der Waals surface area contributed by atoms with Crippen LogP contribution in [0.25, 0.3) is 0 Å². The lowest BCUT2D eigenvalue weighted by Crippen LogP contribution is -2.44. The average molecular weight is 334 g/mol. The fourth-order valence-electron chi connectivity index (χ4n) is 1.74. The van der Waals surface area contributed by atoms with E-state index in [1.54, 1.807) is 0 Å². The summed E-state index contributed by atoms with van der Waals surface area (Å²) < 4.78 is 26.3. The molecule has 0 saturated heterocycles. The minimum Gasteiger partial charge on any atom is -0.349 e. The van der Waals surface area contributed by atoms with E-state index in [4.69, 9.17) is 0 Å². The number of carbonyl (C=O) groups is 1. The van der Waals surface area contributed by atoms with E-state index in [-0.39, 0.29) is 17.0 Å². The molecule has 0 bridgehead atoms. The van der Waals surface area contributed by atoms with Crippen molar-refractivity contribution >= 4 is 21.8 Å². The molecule has 2 nitrogen and oxygen atoms in total. The Morgan fingerprint density at radius 3 is 2.47 bits per heavy atom. The monoisotopic (exact) mass is 333 g/mol. The van der Waals surface area contributed by atoms with Gasteiger partial charge in [0.05, 0.1) is 5.56 Å². The molecule has 0 aromatic heterocycles. The lowest BCUT2D eigenvalue weighted by atomic mass is 9.85. The van der Waals surface area contributed by atoms with Crippen LogP contribution in [0.4, 0.5) is 8.78 Å². The molecule has 0 saturated carbocycles. The number of alkyl halides is 1. The van der Waals surface area contributed by atoms with Gasteiger partial charge < -0.3 is 5.32 Å². The molecule has 0 aliphatic carbocycles. The Hall–Kier alpha value is -0.970. The minimum atomic E-state index is -0.844. The second-order valence-corrected chi connectivity index (χ2v) is 6.29. The molecule has 1 unspecified atom stereocenters. The van der Waals surface area contributed by atoms with Crippen LogP contribution in [0.1, 0.15) is 37.6 Å². The predicted molar refractivity (Wildman–Crippen MR) is 75.5 cm³/mol. The van der Waals surface area contributed by atoms with Crippen LogP contribution in [0.3, 0.4) is 0 Å². The van der Waals surface area contributed by atoms with Crippen LogP contribution in [0.5, 0.6) is 0 Å². The van der Waals surface area contributed by atoms with Gasteiger partial charge in [-0.05, 0) is 24.0 Å². The molecule has 0 radical (unpaired) electrons. The van der Waals surface area contributed by atoms with E-state index in [1.807, 2.05) is 20.8 Å². The Balaban J connectivity index is 2.88. The van der Waals surface area contributed by atoms with Crippen LogP contribution in [0.15, 0.2) is 18.2 Å². The van der Waals surface area contributed by atoms with Crippen molar-refractivity contribution in [3.05, 3.63) is 35.4 Å². The number of halogens is 3. The van der Waals surface area contributed by atoms with Crippen molar-refractivity contribution in [2.45, 2.75) is 33.2 Å². The number of hydrogen-bond acceptors (Lipinski definition) is 1. The average Bonchev–Trinajstić information content (AvgIpc) is 2.26. The Morgan fingerprint density at radius 2 is 2.00 bits per heavy atom. The number of rotatable bonds is 4. The maximum Gasteiger partial charge on any atom is 0.254 e. The summed E-state index contributed by atoms with van der Waals surface area (Å²) in [5, 5.41) is 3.54. The summed E-state index contributed by atoms with van der Waals surface area (Å²) in [4.78, 5) is 12.0. The highest BCUT2D eigenvalue weighted by Crippen LogP contribution is 2.23. The molecule has 0 spiro atoms. The number of nitrogens with one attached hydrogen (secondary N) is 1. The standard InChI is InChI=1S/C14H18BrF2NO/c1-14(2,3)12(6-7-15)18-13(19)10-5-4-9(16)8-11(10)17/h4-5,8,12H,6-7H2,1-3H3,(H,18,19). The fraction of sp³-hybridized carbons (Fsp3) is 0.500. The zero-order chi connectivity index (χ0) is 14.6. The molecule has 1 rings (SSSR count). The summed E-state index contributed by atoms with van der Waals surface area (Å²) in [5.74, 6) is -2.05. The topological polar surface area (TPSA) is 29.1 Å². The van der Waals surface area contributed by atoms with Gasteiger partial charge in [0.1, 0.15) is 11.6 Å². The Labute approximate surface area is 120 Å². The van der Waals surface area contributed by atoms with Crippen molar-refractivity contribution in [3.63, 3.8) is 0 Å². The molecular formula is C14H18BrF2NO. The third-order valence-corrected chi connectivity index (χ3v) is 3.38. The van der Waals surface area contributed by atoms with Gasteiger partial charge in [0.25, 0.3) is 5.91 Å². The molecule has 19 heavy (non-hydrogen) atoms. The molecule has 1 N–H and O–H groups in total. The van der Waals surface area contributed by atoms with Crippen molar-refractivity contribution in [3.8, 4) is 0 Å². The zero-order valence-corrected chi connectivity index (χ0v) is 12.9. The highest BCUT2D eigenvalue weighted by atomic mass is 79.9. The van der Waals surface area contributed by atoms with E-state index in [0.29, 0.717) is 6.07 Å². The minimum absolute atomic E-state index is 0.0937. The maximum absolute atomic E-state index is 13.5. The Morgan fingerprint density at radius 1 is 1.37 bits per heavy atom. The molecule has 0 aliphatic heterocycles. The zero-order valence-electron chi connectivity index (χ0n) is 11.3. The fourth-order valence-corrected chi connectivity index (χ4v) is 2.20. The first-order chi connectivity index (χ1) is 8.75. The Bertz CT molecular complexity index is 457. The molecule has 0 heterocycles. The first-order valence-corrected chi connectivity index (χ1v) is 7.19. The van der Waals surface area contributed by atoms with E-state index in [2.05, 4.69) is 21.2 Å². The molecule has 5 heteroatoms. The summed E-state index contributed by atoms with van der Waals surface area (Å²) in [6.45, 7) is 6.00. The predicted octanol–water partition coefficient (Wildman–Crippen LogP) is 3.89. The van der Waals surface area contributed by atoms with E-state index in [9.17, 15) is 13.6 Å². The second kappa shape index (κ2) is 6.46. The van der Waals surface area contributed by atoms with E-state index in [0.717, 1.165) is 23.9 Å². The van der Waals surface area contributed by atoms with Gasteiger partial charge in [-0.15, -0.1) is 0 Å². The molecule has 1 atom stereocenters. The van der Waals surface area contributed by atoms with Crippen LogP contribution in [-0.4, -0.2) is 17.3 Å². The third kappa shape index (κ3) is 4.56. The molecular weight excluding hydrogens is 316 g/mol. The van der Waals surface area contributed by atoms with Gasteiger partial charge in [0.15, 0.2) is 0 Å². The van der Waals surface area contributed by atoms with E-state index < -0.39 is 17.5 Å². The number of hydrogen-bond donors (Lipinski definition) is 1. The third-order valence-electron chi connectivity index (χ3n) is 2.92. The largest absolute Gasteiger partial charge is 0.349 e. The van der Waals surface area contributed by atoms with Crippen molar-refractivity contribution < 1.29 is 13.6 Å². The van der Waals surface area contributed by atoms with Crippen LogP contribution in [0.2, 0.25) is 0 Å². The molecule has 1 aromatic rings. The number of benzene rings is 1. The summed E-state index contributed by atoms with van der Waals surface area (Å²) in [7, 11) is 0. The normalized spacial score (nSPS) is 13.2. The number of carbonyl (C=O) groups excluding carboxylic acids is 1. The van der Waals surface area contributed by atoms with Crippen molar-refractivity contribution in [1.29, 1.82) is 0 Å². The second-order valence-electron chi connectivity index (χ2n) is 5.49. The van der Waals surface area contributed by atoms with Gasteiger partial charge in [-0.2, -0.15) is 0 Å². The van der Waals surface area contributed by atoms with Gasteiger partial charge in [0, 0.05) is 17.4 Å². The molecule has 1 amide bonds. The van der Waals surface area contributed by atoms with Gasteiger partial charge >= 0.3 is 0 Å². The maximum atomic E-state index is 13.5. The van der Waals surface area contributed by atoms with E-state index >= 15 is 0 Å². The smallest absolute Gasteiger partial charge is 0.254 e. The highest BCUT2D eigenvalue weighted by molar-refractivity contribution is 9.09. The number of amides is 1. The quantitative estimate of drug-likeness (QED) is 0.832. The van der Waals surface area contributed by atoms with Crippen molar-refractivity contribution in [2.75, 3.05) is 5.33 Å². The molecule has 0 fully saturated rings. The lowest BCUT2D eigenvalue weighted by Gasteiger charge is -2.31. The molecule has 1 aromatic carbocycles. The lowest BCUT2D eigenvalue weighted by molar-refractivity contribution is 0.0896. The van der Waals surface area contributed by atoms with Crippen LogP contribution < -0.4 is 5.32 Å². The first-order valence-electron chi connectivity index (χ1n) is 6.07. The van der Waals surface area contributed by atoms with Crippen LogP contribution in [-0.2, 0) is 0 Å². The summed E-state index contributed by atoms with van der Waals surface area (Å²) in [6.07, 6.45) is 0.734. The molecule has 106 valence electrons. The SMILES string of the molecule is CC(C)(C)C(CCBr)NC(=O)c1ccc(F)cc1F. The van der Waals surface area contributed by atoms with Gasteiger partial charge in [-0.1, -0.05) is 36.7 Å². The van der Waals surface area contributed by atoms with Crippen molar-refractivity contribution in [1.82, 2.24) is 5.32 Å². The van der Waals surface area contributed by atoms with Gasteiger partial charge in [-0.3, -0.25) is 4.79 Å². The van der Waals surface area contributed by atoms with Gasteiger partial charge in [-0.25, -0.2) is 8.78 Å². The van der Waals surface area contributed by atoms with Gasteiger partial charge in [0.2, 0.25) is 0 Å². The molecule has 0 aliphatic rings. The first kappa shape index (κ1) is 16.1. The van der Waals surface area contributed by atoms with E-state index in [1.165, 1.54) is 0 Å². The van der Waals surface area contributed by atoms with Crippen molar-refractivity contribution in [2.24, 2.45) is 5.41 Å². The summed E-state index contributed by atoms with van der Waals surface area (Å²) >= 11 is 3.34. The van der Waals surface area contributed by atoms with Crippen LogP contribution >= 0.6 is 15.9 Å². The highest BCUT2D eigenvalue weighted by Gasteiger charge is 2.26. The summed E-state index contributed by atoms with van der Waals surface area (Å²) in [5.41, 5.74) is -0.273. The summed E-state index contributed by atoms with van der Waals surface area (Å²) in [6, 6.07) is 2.86. The Kier molecular flexibility index (Phi) is 5.47. The van der Waals surface area contributed by atoms with Crippen LogP contribution in [0, 0.1) is 17.0 Å².